The highest BCUT2D eigenvalue weighted by molar-refractivity contribution is 4.96. The van der Waals surface area contributed by atoms with Crippen molar-refractivity contribution in [2.24, 2.45) is 5.92 Å². The second-order valence-electron chi connectivity index (χ2n) is 5.22. The van der Waals surface area contributed by atoms with Gasteiger partial charge in [-0.2, -0.15) is 4.98 Å². The number of nitrogens with one attached hydrogen (secondary N) is 1. The number of rotatable bonds is 9. The van der Waals surface area contributed by atoms with Gasteiger partial charge in [-0.15, -0.1) is 0 Å². The zero-order chi connectivity index (χ0) is 13.7. The maximum absolute atomic E-state index is 5.67. The van der Waals surface area contributed by atoms with Crippen molar-refractivity contribution in [1.82, 2.24) is 15.5 Å². The minimum absolute atomic E-state index is 0.0264. The molecule has 1 N–H and O–H groups in total. The summed E-state index contributed by atoms with van der Waals surface area (Å²) in [7, 11) is 2.00. The zero-order valence-corrected chi connectivity index (χ0v) is 12.2. The smallest absolute Gasteiger partial charge is 0.228 e. The summed E-state index contributed by atoms with van der Waals surface area (Å²) >= 11 is 0. The van der Waals surface area contributed by atoms with Crippen LogP contribution in [0, 0.1) is 5.92 Å². The highest BCUT2D eigenvalue weighted by Gasteiger charge is 2.31. The third kappa shape index (κ3) is 4.01. The molecule has 1 aromatic rings. The molecule has 0 bridgehead atoms. The summed E-state index contributed by atoms with van der Waals surface area (Å²) < 4.78 is 11.0. The summed E-state index contributed by atoms with van der Waals surface area (Å²) in [5.41, 5.74) is 0. The Labute approximate surface area is 115 Å². The van der Waals surface area contributed by atoms with Gasteiger partial charge in [0.25, 0.3) is 0 Å². The fourth-order valence-electron chi connectivity index (χ4n) is 2.42. The van der Waals surface area contributed by atoms with Gasteiger partial charge in [-0.3, -0.25) is 0 Å². The Morgan fingerprint density at radius 3 is 2.79 bits per heavy atom. The van der Waals surface area contributed by atoms with Crippen LogP contribution in [0.5, 0.6) is 0 Å². The van der Waals surface area contributed by atoms with Crippen LogP contribution in [-0.4, -0.2) is 29.8 Å². The maximum Gasteiger partial charge on any atom is 0.228 e. The highest BCUT2D eigenvalue weighted by atomic mass is 16.5. The predicted octanol–water partition coefficient (Wildman–Crippen LogP) is 2.49. The van der Waals surface area contributed by atoms with Gasteiger partial charge in [0.15, 0.2) is 0 Å². The van der Waals surface area contributed by atoms with Crippen LogP contribution in [0.2, 0.25) is 0 Å². The van der Waals surface area contributed by atoms with Crippen molar-refractivity contribution in [3.8, 4) is 0 Å². The van der Waals surface area contributed by atoms with Crippen LogP contribution < -0.4 is 5.32 Å². The highest BCUT2D eigenvalue weighted by Crippen LogP contribution is 2.33. The van der Waals surface area contributed by atoms with E-state index in [0.29, 0.717) is 18.5 Å². The first-order valence-electron chi connectivity index (χ1n) is 7.39. The van der Waals surface area contributed by atoms with Gasteiger partial charge < -0.3 is 14.6 Å². The Balaban J connectivity index is 1.96. The van der Waals surface area contributed by atoms with Crippen LogP contribution in [0.3, 0.4) is 0 Å². The number of hydrogen-bond donors (Lipinski definition) is 1. The molecule has 1 aliphatic carbocycles. The normalized spacial score (nSPS) is 18.5. The van der Waals surface area contributed by atoms with Crippen molar-refractivity contribution >= 4 is 0 Å². The Morgan fingerprint density at radius 1 is 1.42 bits per heavy atom. The topological polar surface area (TPSA) is 60.2 Å². The number of nitrogens with zero attached hydrogens (tertiary/aromatic N) is 2. The zero-order valence-electron chi connectivity index (χ0n) is 12.2. The fourth-order valence-corrected chi connectivity index (χ4v) is 2.42. The average Bonchev–Trinajstić information content (AvgIpc) is 3.15. The Bertz CT molecular complexity index is 371. The molecule has 1 fully saturated rings. The minimum atomic E-state index is -0.0264. The van der Waals surface area contributed by atoms with Gasteiger partial charge in [0.1, 0.15) is 6.10 Å². The molecule has 1 aliphatic rings. The quantitative estimate of drug-likeness (QED) is 0.745. The fraction of sp³-hybridized carbons (Fsp3) is 0.857. The molecule has 2 unspecified atom stereocenters. The van der Waals surface area contributed by atoms with E-state index in [1.165, 1.54) is 12.8 Å². The lowest BCUT2D eigenvalue weighted by atomic mass is 10.1. The molecule has 5 heteroatoms. The first-order valence-corrected chi connectivity index (χ1v) is 7.39. The first-order chi connectivity index (χ1) is 9.28. The first kappa shape index (κ1) is 14.5. The van der Waals surface area contributed by atoms with Crippen molar-refractivity contribution in [3.05, 3.63) is 11.7 Å². The molecule has 2 atom stereocenters. The van der Waals surface area contributed by atoms with Gasteiger partial charge in [0.05, 0.1) is 0 Å². The van der Waals surface area contributed by atoms with Gasteiger partial charge in [0, 0.05) is 19.1 Å². The summed E-state index contributed by atoms with van der Waals surface area (Å²) in [4.78, 5) is 4.50. The van der Waals surface area contributed by atoms with E-state index < -0.39 is 0 Å². The SMILES string of the molecule is CCCC(OCC)c1noc(CC(NC)C2CC2)n1. The van der Waals surface area contributed by atoms with Crippen LogP contribution in [0.15, 0.2) is 4.52 Å². The van der Waals surface area contributed by atoms with Crippen LogP contribution in [0.1, 0.15) is 57.3 Å². The lowest BCUT2D eigenvalue weighted by Crippen LogP contribution is -2.29. The molecule has 19 heavy (non-hydrogen) atoms. The van der Waals surface area contributed by atoms with Crippen LogP contribution in [-0.2, 0) is 11.2 Å². The van der Waals surface area contributed by atoms with E-state index in [9.17, 15) is 0 Å². The summed E-state index contributed by atoms with van der Waals surface area (Å²) in [6.45, 7) is 4.81. The summed E-state index contributed by atoms with van der Waals surface area (Å²) in [6, 6.07) is 0.463. The molecule has 0 amide bonds. The number of hydrogen-bond acceptors (Lipinski definition) is 5. The Morgan fingerprint density at radius 2 is 2.21 bits per heavy atom. The molecule has 1 saturated carbocycles. The average molecular weight is 267 g/mol. The molecule has 0 saturated heterocycles. The number of ether oxygens (including phenoxy) is 1. The van der Waals surface area contributed by atoms with Gasteiger partial charge >= 0.3 is 0 Å². The lowest BCUT2D eigenvalue weighted by Gasteiger charge is -2.12. The maximum atomic E-state index is 5.67. The molecule has 108 valence electrons. The van der Waals surface area contributed by atoms with E-state index in [1.54, 1.807) is 0 Å². The third-order valence-electron chi connectivity index (χ3n) is 3.65. The van der Waals surface area contributed by atoms with Gasteiger partial charge in [0.2, 0.25) is 11.7 Å². The van der Waals surface area contributed by atoms with Crippen molar-refractivity contribution in [3.63, 3.8) is 0 Å². The molecule has 1 heterocycles. The molecule has 5 nitrogen and oxygen atoms in total. The largest absolute Gasteiger partial charge is 0.370 e. The van der Waals surface area contributed by atoms with E-state index >= 15 is 0 Å². The van der Waals surface area contributed by atoms with Crippen molar-refractivity contribution in [2.75, 3.05) is 13.7 Å². The second kappa shape index (κ2) is 7.01. The van der Waals surface area contributed by atoms with Gasteiger partial charge in [-0.05, 0) is 39.2 Å². The van der Waals surface area contributed by atoms with Crippen molar-refractivity contribution in [1.29, 1.82) is 0 Å². The van der Waals surface area contributed by atoms with Gasteiger partial charge in [-0.1, -0.05) is 18.5 Å². The number of aromatic nitrogens is 2. The molecule has 2 rings (SSSR count). The van der Waals surface area contributed by atoms with Crippen LogP contribution in [0.4, 0.5) is 0 Å². The van der Waals surface area contributed by atoms with Crippen LogP contribution in [0.25, 0.3) is 0 Å². The predicted molar refractivity (Wildman–Crippen MR) is 72.8 cm³/mol. The summed E-state index contributed by atoms with van der Waals surface area (Å²) in [5, 5.41) is 7.42. The van der Waals surface area contributed by atoms with E-state index in [-0.39, 0.29) is 6.10 Å². The van der Waals surface area contributed by atoms with Crippen molar-refractivity contribution in [2.45, 2.75) is 58.1 Å². The monoisotopic (exact) mass is 267 g/mol. The van der Waals surface area contributed by atoms with E-state index in [0.717, 1.165) is 31.1 Å². The summed E-state index contributed by atoms with van der Waals surface area (Å²) in [5.74, 6) is 2.20. The van der Waals surface area contributed by atoms with E-state index in [2.05, 4.69) is 22.4 Å². The molecular formula is C14H25N3O2. The summed E-state index contributed by atoms with van der Waals surface area (Å²) in [6.07, 6.45) is 5.40. The molecular weight excluding hydrogens is 242 g/mol. The van der Waals surface area contributed by atoms with Crippen molar-refractivity contribution < 1.29 is 9.26 Å². The molecule has 0 aromatic carbocycles. The second-order valence-corrected chi connectivity index (χ2v) is 5.22. The van der Waals surface area contributed by atoms with Crippen LogP contribution >= 0.6 is 0 Å². The standard InChI is InChI=1S/C14H25N3O2/c1-4-6-12(18-5-2)14-16-13(19-17-14)9-11(15-3)10-7-8-10/h10-12,15H,4-9H2,1-3H3. The Kier molecular flexibility index (Phi) is 5.34. The van der Waals surface area contributed by atoms with E-state index in [4.69, 9.17) is 9.26 Å². The number of likely N-dealkylation sites (N-methyl/N-ethyl adjacent to an activating group) is 1. The molecule has 0 spiro atoms. The Hall–Kier alpha value is -0.940. The lowest BCUT2D eigenvalue weighted by molar-refractivity contribution is 0.0477. The van der Waals surface area contributed by atoms with E-state index in [1.807, 2.05) is 14.0 Å². The third-order valence-corrected chi connectivity index (χ3v) is 3.65. The molecule has 1 aromatic heterocycles. The molecule has 0 radical (unpaired) electrons. The molecule has 0 aliphatic heterocycles. The van der Waals surface area contributed by atoms with Gasteiger partial charge in [-0.25, -0.2) is 0 Å². The minimum Gasteiger partial charge on any atom is -0.370 e.